The monoisotopic (exact) mass is 371 g/mol. The Bertz CT molecular complexity index is 552. The molecule has 0 atom stereocenters. The average Bonchev–Trinajstić information content (AvgIpc) is 3.11. The van der Waals surface area contributed by atoms with Crippen LogP contribution in [0.25, 0.3) is 0 Å². The number of anilines is 1. The summed E-state index contributed by atoms with van der Waals surface area (Å²) < 4.78 is 0.825. The van der Waals surface area contributed by atoms with E-state index in [1.165, 1.54) is 0 Å². The summed E-state index contributed by atoms with van der Waals surface area (Å²) in [6.45, 7) is 0.636. The van der Waals surface area contributed by atoms with Gasteiger partial charge in [-0.15, -0.1) is 0 Å². The molecule has 2 aliphatic rings. The highest BCUT2D eigenvalue weighted by atomic mass is 79.9. The van der Waals surface area contributed by atoms with E-state index in [1.54, 1.807) is 11.0 Å². The highest BCUT2D eigenvalue weighted by Crippen LogP contribution is 2.49. The second-order valence-corrected chi connectivity index (χ2v) is 6.49. The molecule has 1 aliphatic carbocycles. The molecule has 0 unspecified atom stereocenters. The van der Waals surface area contributed by atoms with Gasteiger partial charge in [-0.1, -0.05) is 31.9 Å². The summed E-state index contributed by atoms with van der Waals surface area (Å²) in [5.41, 5.74) is 1.44. The molecule has 5 heteroatoms. The molecule has 3 rings (SSSR count). The number of nitrogens with zero attached hydrogens (tertiary/aromatic N) is 1. The minimum atomic E-state index is -0.393. The Kier molecular flexibility index (Phi) is 2.86. The smallest absolute Gasteiger partial charge is 0.299 e. The van der Waals surface area contributed by atoms with Gasteiger partial charge in [-0.3, -0.25) is 9.59 Å². The zero-order valence-corrected chi connectivity index (χ0v) is 12.8. The van der Waals surface area contributed by atoms with Crippen LogP contribution in [0.5, 0.6) is 0 Å². The first kappa shape index (κ1) is 12.4. The van der Waals surface area contributed by atoms with Crippen molar-refractivity contribution < 1.29 is 9.59 Å². The third-order valence-corrected chi connectivity index (χ3v) is 5.35. The molecule has 1 heterocycles. The quantitative estimate of drug-likeness (QED) is 0.603. The lowest BCUT2D eigenvalue weighted by Gasteiger charge is -2.22. The van der Waals surface area contributed by atoms with E-state index in [0.717, 1.165) is 28.3 Å². The highest BCUT2D eigenvalue weighted by molar-refractivity contribution is 9.10. The van der Waals surface area contributed by atoms with E-state index in [0.29, 0.717) is 12.1 Å². The highest BCUT2D eigenvalue weighted by Gasteiger charge is 2.47. The summed E-state index contributed by atoms with van der Waals surface area (Å²) in [5, 5.41) is 0.879. The number of carbonyl (C=O) groups is 2. The van der Waals surface area contributed by atoms with E-state index in [2.05, 4.69) is 31.9 Å². The predicted molar refractivity (Wildman–Crippen MR) is 76.3 cm³/mol. The number of ketones is 1. The van der Waals surface area contributed by atoms with Crippen molar-refractivity contribution in [1.82, 2.24) is 0 Å². The van der Waals surface area contributed by atoms with Gasteiger partial charge in [-0.05, 0) is 36.5 Å². The van der Waals surface area contributed by atoms with E-state index >= 15 is 0 Å². The molecule has 0 aromatic heterocycles. The Hall–Kier alpha value is -0.680. The fourth-order valence-corrected chi connectivity index (χ4v) is 3.37. The SMILES string of the molecule is O=C1C(=O)N(CC2(CBr)CC2)c2ccc(Br)cc21. The lowest BCUT2D eigenvalue weighted by atomic mass is 10.1. The van der Waals surface area contributed by atoms with Gasteiger partial charge in [-0.2, -0.15) is 0 Å². The number of amides is 1. The third kappa shape index (κ3) is 1.84. The van der Waals surface area contributed by atoms with Crippen molar-refractivity contribution in [2.75, 3.05) is 16.8 Å². The van der Waals surface area contributed by atoms with Crippen molar-refractivity contribution in [3.8, 4) is 0 Å². The molecule has 1 aliphatic heterocycles. The van der Waals surface area contributed by atoms with Gasteiger partial charge in [0.25, 0.3) is 11.7 Å². The van der Waals surface area contributed by atoms with E-state index in [-0.39, 0.29) is 5.41 Å². The van der Waals surface area contributed by atoms with Crippen molar-refractivity contribution in [2.24, 2.45) is 5.41 Å². The first-order valence-corrected chi connectivity index (χ1v) is 7.69. The van der Waals surface area contributed by atoms with Crippen molar-refractivity contribution >= 4 is 49.2 Å². The first-order valence-electron chi connectivity index (χ1n) is 5.78. The summed E-state index contributed by atoms with van der Waals surface area (Å²) in [6, 6.07) is 5.43. The van der Waals surface area contributed by atoms with Crippen LogP contribution >= 0.6 is 31.9 Å². The summed E-state index contributed by atoms with van der Waals surface area (Å²) >= 11 is 6.83. The van der Waals surface area contributed by atoms with Crippen molar-refractivity contribution in [2.45, 2.75) is 12.8 Å². The number of hydrogen-bond acceptors (Lipinski definition) is 2. The molecule has 0 saturated heterocycles. The molecular formula is C13H11Br2NO2. The molecule has 1 aromatic carbocycles. The summed E-state index contributed by atoms with van der Waals surface area (Å²) in [5.74, 6) is -0.785. The minimum absolute atomic E-state index is 0.171. The number of halogens is 2. The zero-order valence-electron chi connectivity index (χ0n) is 9.58. The number of rotatable bonds is 3. The lowest BCUT2D eigenvalue weighted by Crippen LogP contribution is -2.35. The number of carbonyl (C=O) groups excluding carboxylic acids is 2. The number of benzene rings is 1. The Morgan fingerprint density at radius 3 is 2.61 bits per heavy atom. The van der Waals surface area contributed by atoms with Crippen LogP contribution in [0.3, 0.4) is 0 Å². The Morgan fingerprint density at radius 1 is 1.28 bits per heavy atom. The van der Waals surface area contributed by atoms with Crippen LogP contribution < -0.4 is 4.90 Å². The molecule has 3 nitrogen and oxygen atoms in total. The van der Waals surface area contributed by atoms with Gasteiger partial charge < -0.3 is 4.90 Å². The average molecular weight is 373 g/mol. The van der Waals surface area contributed by atoms with Crippen LogP contribution in [0.2, 0.25) is 0 Å². The molecule has 0 radical (unpaired) electrons. The van der Waals surface area contributed by atoms with Crippen LogP contribution in [0, 0.1) is 5.41 Å². The van der Waals surface area contributed by atoms with Gasteiger partial charge in [0.1, 0.15) is 0 Å². The van der Waals surface area contributed by atoms with Crippen molar-refractivity contribution in [3.05, 3.63) is 28.2 Å². The molecule has 0 spiro atoms. The van der Waals surface area contributed by atoms with E-state index in [1.807, 2.05) is 12.1 Å². The second-order valence-electron chi connectivity index (χ2n) is 5.02. The molecular weight excluding hydrogens is 362 g/mol. The predicted octanol–water partition coefficient (Wildman–Crippen LogP) is 3.15. The van der Waals surface area contributed by atoms with E-state index < -0.39 is 11.7 Å². The molecule has 0 N–H and O–H groups in total. The number of alkyl halides is 1. The molecule has 1 aromatic rings. The van der Waals surface area contributed by atoms with Gasteiger partial charge in [0.15, 0.2) is 0 Å². The van der Waals surface area contributed by atoms with Crippen LogP contribution in [-0.4, -0.2) is 23.6 Å². The number of fused-ring (bicyclic) bond motifs is 1. The van der Waals surface area contributed by atoms with Crippen LogP contribution in [0.1, 0.15) is 23.2 Å². The van der Waals surface area contributed by atoms with Gasteiger partial charge in [-0.25, -0.2) is 0 Å². The van der Waals surface area contributed by atoms with Gasteiger partial charge >= 0.3 is 0 Å². The van der Waals surface area contributed by atoms with Crippen LogP contribution in [0.15, 0.2) is 22.7 Å². The van der Waals surface area contributed by atoms with E-state index in [9.17, 15) is 9.59 Å². The zero-order chi connectivity index (χ0) is 12.9. The first-order chi connectivity index (χ1) is 8.56. The fraction of sp³-hybridized carbons (Fsp3) is 0.385. The molecule has 1 amide bonds. The molecule has 0 bridgehead atoms. The Labute approximate surface area is 122 Å². The van der Waals surface area contributed by atoms with Crippen LogP contribution in [-0.2, 0) is 4.79 Å². The molecule has 94 valence electrons. The van der Waals surface area contributed by atoms with Crippen LogP contribution in [0.4, 0.5) is 5.69 Å². The topological polar surface area (TPSA) is 37.4 Å². The maximum atomic E-state index is 12.0. The number of Topliss-reactive ketones (excluding diaryl/α,β-unsaturated/α-hetero) is 1. The minimum Gasteiger partial charge on any atom is -0.304 e. The second kappa shape index (κ2) is 4.17. The summed E-state index contributed by atoms with van der Waals surface area (Å²) in [7, 11) is 0. The fourth-order valence-electron chi connectivity index (χ4n) is 2.28. The molecule has 1 fully saturated rings. The summed E-state index contributed by atoms with van der Waals surface area (Å²) in [6.07, 6.45) is 2.23. The maximum Gasteiger partial charge on any atom is 0.299 e. The Balaban J connectivity index is 1.97. The van der Waals surface area contributed by atoms with Crippen molar-refractivity contribution in [1.29, 1.82) is 0 Å². The molecule has 1 saturated carbocycles. The third-order valence-electron chi connectivity index (χ3n) is 3.67. The van der Waals surface area contributed by atoms with Crippen molar-refractivity contribution in [3.63, 3.8) is 0 Å². The Morgan fingerprint density at radius 2 is 2.00 bits per heavy atom. The van der Waals surface area contributed by atoms with E-state index in [4.69, 9.17) is 0 Å². The lowest BCUT2D eigenvalue weighted by molar-refractivity contribution is -0.114. The van der Waals surface area contributed by atoms with Gasteiger partial charge in [0, 0.05) is 16.3 Å². The largest absolute Gasteiger partial charge is 0.304 e. The molecule has 18 heavy (non-hydrogen) atoms. The summed E-state index contributed by atoms with van der Waals surface area (Å²) in [4.78, 5) is 25.6. The van der Waals surface area contributed by atoms with Gasteiger partial charge in [0.2, 0.25) is 0 Å². The number of hydrogen-bond donors (Lipinski definition) is 0. The normalized spacial score (nSPS) is 20.2. The van der Waals surface area contributed by atoms with Gasteiger partial charge in [0.05, 0.1) is 11.3 Å². The standard InChI is InChI=1S/C13H11Br2NO2/c14-6-13(3-4-13)7-16-10-2-1-8(15)5-9(10)11(17)12(16)18/h1-2,5H,3-4,6-7H2. The maximum absolute atomic E-state index is 12.0.